The van der Waals surface area contributed by atoms with Gasteiger partial charge < -0.3 is 9.73 Å². The van der Waals surface area contributed by atoms with Gasteiger partial charge in [-0.15, -0.1) is 0 Å². The van der Waals surface area contributed by atoms with Gasteiger partial charge in [0.1, 0.15) is 12.1 Å². The largest absolute Gasteiger partial charge is 0.468 e. The maximum Gasteiger partial charge on any atom is 0.117 e. The lowest BCUT2D eigenvalue weighted by Gasteiger charge is -2.00. The minimum absolute atomic E-state index is 0.724. The second-order valence-electron chi connectivity index (χ2n) is 2.93. The summed E-state index contributed by atoms with van der Waals surface area (Å²) in [5, 5.41) is 3.23. The van der Waals surface area contributed by atoms with E-state index in [0.29, 0.717) is 0 Å². The van der Waals surface area contributed by atoms with Gasteiger partial charge in [-0.25, -0.2) is 9.97 Å². The van der Waals surface area contributed by atoms with Gasteiger partial charge in [0, 0.05) is 24.5 Å². The molecular formula is C10H11N3O. The van der Waals surface area contributed by atoms with Crippen molar-refractivity contribution in [1.29, 1.82) is 0 Å². The average Bonchev–Trinajstić information content (AvgIpc) is 2.72. The van der Waals surface area contributed by atoms with Crippen molar-refractivity contribution in [2.24, 2.45) is 0 Å². The highest BCUT2D eigenvalue weighted by Crippen LogP contribution is 1.99. The Morgan fingerprint density at radius 3 is 2.79 bits per heavy atom. The van der Waals surface area contributed by atoms with Crippen molar-refractivity contribution in [3.63, 3.8) is 0 Å². The molecule has 0 spiro atoms. The minimum Gasteiger partial charge on any atom is -0.468 e. The molecule has 1 N–H and O–H groups in total. The van der Waals surface area contributed by atoms with Gasteiger partial charge >= 0.3 is 0 Å². The summed E-state index contributed by atoms with van der Waals surface area (Å²) in [4.78, 5) is 7.85. The van der Waals surface area contributed by atoms with Crippen molar-refractivity contribution in [2.75, 3.05) is 0 Å². The number of aromatic nitrogens is 2. The van der Waals surface area contributed by atoms with Crippen LogP contribution in [0.25, 0.3) is 0 Å². The summed E-state index contributed by atoms with van der Waals surface area (Å²) in [6.45, 7) is 1.48. The van der Waals surface area contributed by atoms with Crippen LogP contribution in [-0.2, 0) is 13.1 Å². The molecule has 0 saturated heterocycles. The molecule has 0 amide bonds. The third-order valence-electron chi connectivity index (χ3n) is 1.82. The van der Waals surface area contributed by atoms with Crippen LogP contribution in [-0.4, -0.2) is 9.97 Å². The fourth-order valence-corrected chi connectivity index (χ4v) is 1.16. The molecule has 72 valence electrons. The molecule has 2 aromatic heterocycles. The van der Waals surface area contributed by atoms with Gasteiger partial charge in [0.05, 0.1) is 12.8 Å². The molecule has 2 rings (SSSR count). The Labute approximate surface area is 82.0 Å². The normalized spacial score (nSPS) is 10.3. The lowest BCUT2D eigenvalue weighted by molar-refractivity contribution is 0.482. The van der Waals surface area contributed by atoms with Gasteiger partial charge in [-0.3, -0.25) is 0 Å². The van der Waals surface area contributed by atoms with Crippen molar-refractivity contribution in [3.05, 3.63) is 48.4 Å². The van der Waals surface area contributed by atoms with E-state index in [4.69, 9.17) is 4.42 Å². The number of nitrogens with zero attached hydrogens (tertiary/aromatic N) is 2. The topological polar surface area (TPSA) is 51.0 Å². The van der Waals surface area contributed by atoms with Crippen molar-refractivity contribution < 1.29 is 4.42 Å². The van der Waals surface area contributed by atoms with Crippen LogP contribution in [0.15, 0.2) is 41.5 Å². The Bertz CT molecular complexity index is 358. The molecule has 0 aromatic carbocycles. The fraction of sp³-hybridized carbons (Fsp3) is 0.200. The van der Waals surface area contributed by atoms with E-state index in [-0.39, 0.29) is 0 Å². The maximum atomic E-state index is 5.18. The highest BCUT2D eigenvalue weighted by atomic mass is 16.3. The summed E-state index contributed by atoms with van der Waals surface area (Å²) in [7, 11) is 0. The van der Waals surface area contributed by atoms with Gasteiger partial charge in [-0.2, -0.15) is 0 Å². The van der Waals surface area contributed by atoms with Gasteiger partial charge in [0.25, 0.3) is 0 Å². The van der Waals surface area contributed by atoms with Gasteiger partial charge in [-0.05, 0) is 12.1 Å². The van der Waals surface area contributed by atoms with Crippen LogP contribution in [0.5, 0.6) is 0 Å². The van der Waals surface area contributed by atoms with E-state index in [1.165, 1.54) is 6.33 Å². The zero-order valence-electron chi connectivity index (χ0n) is 7.68. The first-order valence-electron chi connectivity index (χ1n) is 4.42. The molecule has 4 nitrogen and oxygen atoms in total. The zero-order valence-corrected chi connectivity index (χ0v) is 7.68. The van der Waals surface area contributed by atoms with Gasteiger partial charge in [0.15, 0.2) is 0 Å². The number of nitrogens with one attached hydrogen (secondary N) is 1. The van der Waals surface area contributed by atoms with E-state index in [2.05, 4.69) is 15.3 Å². The molecule has 0 saturated carbocycles. The predicted octanol–water partition coefficient (Wildman–Crippen LogP) is 1.36. The van der Waals surface area contributed by atoms with E-state index >= 15 is 0 Å². The molecule has 0 fully saturated rings. The first-order valence-corrected chi connectivity index (χ1v) is 4.42. The number of rotatable bonds is 4. The van der Waals surface area contributed by atoms with Gasteiger partial charge in [-0.1, -0.05) is 0 Å². The molecule has 0 bridgehead atoms. The predicted molar refractivity (Wildman–Crippen MR) is 51.3 cm³/mol. The molecule has 0 aliphatic heterocycles. The van der Waals surface area contributed by atoms with Crippen molar-refractivity contribution in [2.45, 2.75) is 13.1 Å². The van der Waals surface area contributed by atoms with Crippen LogP contribution in [0, 0.1) is 0 Å². The maximum absolute atomic E-state index is 5.18. The molecule has 0 aliphatic carbocycles. The Balaban J connectivity index is 1.79. The van der Waals surface area contributed by atoms with Crippen molar-refractivity contribution >= 4 is 0 Å². The number of furan rings is 1. The summed E-state index contributed by atoms with van der Waals surface area (Å²) >= 11 is 0. The SMILES string of the molecule is c1coc(CNCc2cncnc2)c1. The first-order chi connectivity index (χ1) is 6.95. The molecule has 0 unspecified atom stereocenters. The Morgan fingerprint density at radius 2 is 2.07 bits per heavy atom. The van der Waals surface area contributed by atoms with Crippen LogP contribution in [0.1, 0.15) is 11.3 Å². The average molecular weight is 189 g/mol. The molecule has 0 atom stereocenters. The fourth-order valence-electron chi connectivity index (χ4n) is 1.16. The van der Waals surface area contributed by atoms with Crippen LogP contribution >= 0.6 is 0 Å². The quantitative estimate of drug-likeness (QED) is 0.789. The summed E-state index contributed by atoms with van der Waals surface area (Å²) < 4.78 is 5.18. The summed E-state index contributed by atoms with van der Waals surface area (Å²) in [5.74, 6) is 0.932. The van der Waals surface area contributed by atoms with Gasteiger partial charge in [0.2, 0.25) is 0 Å². The van der Waals surface area contributed by atoms with E-state index in [1.54, 1.807) is 18.7 Å². The molecule has 2 aromatic rings. The molecule has 0 aliphatic rings. The summed E-state index contributed by atoms with van der Waals surface area (Å²) in [5.41, 5.74) is 1.07. The smallest absolute Gasteiger partial charge is 0.117 e. The summed E-state index contributed by atoms with van der Waals surface area (Å²) in [6, 6.07) is 3.82. The van der Waals surface area contributed by atoms with E-state index < -0.39 is 0 Å². The molecule has 2 heterocycles. The van der Waals surface area contributed by atoms with Crippen LogP contribution in [0.2, 0.25) is 0 Å². The highest BCUT2D eigenvalue weighted by molar-refractivity contribution is 5.02. The zero-order chi connectivity index (χ0) is 9.64. The molecule has 0 radical (unpaired) electrons. The number of hydrogen-bond donors (Lipinski definition) is 1. The monoisotopic (exact) mass is 189 g/mol. The van der Waals surface area contributed by atoms with Crippen molar-refractivity contribution in [1.82, 2.24) is 15.3 Å². The van der Waals surface area contributed by atoms with E-state index in [9.17, 15) is 0 Å². The highest BCUT2D eigenvalue weighted by Gasteiger charge is 1.95. The second kappa shape index (κ2) is 4.53. The second-order valence-corrected chi connectivity index (χ2v) is 2.93. The lowest BCUT2D eigenvalue weighted by atomic mass is 10.3. The molecule has 14 heavy (non-hydrogen) atoms. The molecular weight excluding hydrogens is 178 g/mol. The Morgan fingerprint density at radius 1 is 1.21 bits per heavy atom. The van der Waals surface area contributed by atoms with E-state index in [0.717, 1.165) is 24.4 Å². The standard InChI is InChI=1S/C10H11N3O/c1-2-10(14-3-1)7-11-4-9-5-12-8-13-6-9/h1-3,5-6,8,11H,4,7H2. The lowest BCUT2D eigenvalue weighted by Crippen LogP contribution is -2.12. The minimum atomic E-state index is 0.724. The summed E-state index contributed by atoms with van der Waals surface area (Å²) in [6.07, 6.45) is 6.78. The first kappa shape index (κ1) is 8.90. The molecule has 4 heteroatoms. The third kappa shape index (κ3) is 2.40. The van der Waals surface area contributed by atoms with Crippen LogP contribution in [0.3, 0.4) is 0 Å². The number of hydrogen-bond acceptors (Lipinski definition) is 4. The van der Waals surface area contributed by atoms with Crippen molar-refractivity contribution in [3.8, 4) is 0 Å². The van der Waals surface area contributed by atoms with Crippen LogP contribution in [0.4, 0.5) is 0 Å². The van der Waals surface area contributed by atoms with E-state index in [1.807, 2.05) is 12.1 Å². The third-order valence-corrected chi connectivity index (χ3v) is 1.82. The Hall–Kier alpha value is -1.68. The Kier molecular flexibility index (Phi) is 2.88. The van der Waals surface area contributed by atoms with Crippen LogP contribution < -0.4 is 5.32 Å².